The minimum absolute atomic E-state index is 0.414. The van der Waals surface area contributed by atoms with E-state index in [1.165, 1.54) is 17.1 Å². The lowest BCUT2D eigenvalue weighted by molar-refractivity contribution is 0.723. The van der Waals surface area contributed by atoms with Crippen LogP contribution in [0.1, 0.15) is 30.7 Å². The molecule has 70 valence electrons. The van der Waals surface area contributed by atoms with E-state index in [0.29, 0.717) is 6.04 Å². The highest BCUT2D eigenvalue weighted by molar-refractivity contribution is 7.10. The fourth-order valence-corrected chi connectivity index (χ4v) is 2.25. The number of thiophene rings is 1. The summed E-state index contributed by atoms with van der Waals surface area (Å²) in [5.41, 5.74) is 0. The molecule has 3 heteroatoms. The molecule has 1 aromatic rings. The molecule has 1 N–H and O–H groups in total. The molecular formula is C10H14N2S. The summed E-state index contributed by atoms with van der Waals surface area (Å²) >= 11 is 1.80. The van der Waals surface area contributed by atoms with E-state index < -0.39 is 0 Å². The zero-order valence-corrected chi connectivity index (χ0v) is 8.60. The van der Waals surface area contributed by atoms with Crippen LogP contribution in [-0.4, -0.2) is 12.4 Å². The molecule has 0 aromatic carbocycles. The molecule has 0 saturated carbocycles. The lowest BCUT2D eigenvalue weighted by Crippen LogP contribution is -2.24. The Balaban J connectivity index is 1.95. The molecule has 0 amide bonds. The molecule has 1 aliphatic heterocycles. The third-order valence-corrected chi connectivity index (χ3v) is 3.28. The standard InChI is InChI=1S/C10H14N2S/c1-8(9-4-3-7-13-9)12-10-5-2-6-11-10/h3-4,7-8H,2,5-6H2,1H3,(H,11,12)/t8-/m0/s1. The van der Waals surface area contributed by atoms with Gasteiger partial charge in [0.25, 0.3) is 0 Å². The van der Waals surface area contributed by atoms with Gasteiger partial charge in [-0.3, -0.25) is 4.99 Å². The van der Waals surface area contributed by atoms with Gasteiger partial charge in [0.15, 0.2) is 0 Å². The van der Waals surface area contributed by atoms with Crippen LogP contribution in [0.15, 0.2) is 22.5 Å². The van der Waals surface area contributed by atoms with Crippen molar-refractivity contribution in [2.45, 2.75) is 25.8 Å². The summed E-state index contributed by atoms with van der Waals surface area (Å²) in [6, 6.07) is 4.67. The van der Waals surface area contributed by atoms with Gasteiger partial charge < -0.3 is 5.32 Å². The molecule has 0 spiro atoms. The Hall–Kier alpha value is -0.830. The zero-order valence-electron chi connectivity index (χ0n) is 7.79. The number of nitrogens with zero attached hydrogens (tertiary/aromatic N) is 1. The first kappa shape index (κ1) is 8.75. The second kappa shape index (κ2) is 3.92. The van der Waals surface area contributed by atoms with Gasteiger partial charge in [-0.25, -0.2) is 0 Å². The molecule has 0 aliphatic carbocycles. The first-order valence-electron chi connectivity index (χ1n) is 4.69. The highest BCUT2D eigenvalue weighted by Crippen LogP contribution is 2.18. The van der Waals surface area contributed by atoms with Crippen LogP contribution in [0.2, 0.25) is 0 Å². The number of rotatable bonds is 2. The van der Waals surface area contributed by atoms with Gasteiger partial charge in [-0.2, -0.15) is 0 Å². The molecule has 0 saturated heterocycles. The van der Waals surface area contributed by atoms with Crippen molar-refractivity contribution in [3.63, 3.8) is 0 Å². The van der Waals surface area contributed by atoms with Gasteiger partial charge in [0.1, 0.15) is 0 Å². The number of hydrogen-bond donors (Lipinski definition) is 1. The van der Waals surface area contributed by atoms with E-state index in [0.717, 1.165) is 13.0 Å². The number of nitrogens with one attached hydrogen (secondary N) is 1. The quantitative estimate of drug-likeness (QED) is 0.769. The van der Waals surface area contributed by atoms with Crippen molar-refractivity contribution in [1.29, 1.82) is 0 Å². The van der Waals surface area contributed by atoms with Crippen LogP contribution in [0, 0.1) is 0 Å². The summed E-state index contributed by atoms with van der Waals surface area (Å²) in [6.07, 6.45) is 2.33. The van der Waals surface area contributed by atoms with Crippen molar-refractivity contribution in [2.24, 2.45) is 4.99 Å². The Kier molecular flexibility index (Phi) is 2.64. The maximum atomic E-state index is 4.40. The van der Waals surface area contributed by atoms with Crippen LogP contribution >= 0.6 is 11.3 Å². The predicted molar refractivity (Wildman–Crippen MR) is 57.4 cm³/mol. The molecule has 0 unspecified atom stereocenters. The van der Waals surface area contributed by atoms with Crippen LogP contribution in [-0.2, 0) is 0 Å². The summed E-state index contributed by atoms with van der Waals surface area (Å²) < 4.78 is 0. The second-order valence-corrected chi connectivity index (χ2v) is 4.29. The smallest absolute Gasteiger partial charge is 0.0968 e. The second-order valence-electron chi connectivity index (χ2n) is 3.31. The highest BCUT2D eigenvalue weighted by Gasteiger charge is 2.11. The predicted octanol–water partition coefficient (Wildman–Crippen LogP) is 2.59. The van der Waals surface area contributed by atoms with Crippen LogP contribution in [0.5, 0.6) is 0 Å². The Morgan fingerprint density at radius 2 is 2.54 bits per heavy atom. The summed E-state index contributed by atoms with van der Waals surface area (Å²) in [5, 5.41) is 5.56. The van der Waals surface area contributed by atoms with Gasteiger partial charge in [0, 0.05) is 17.8 Å². The fourth-order valence-electron chi connectivity index (χ4n) is 1.52. The van der Waals surface area contributed by atoms with E-state index in [1.54, 1.807) is 11.3 Å². The van der Waals surface area contributed by atoms with Gasteiger partial charge in [-0.15, -0.1) is 11.3 Å². The third kappa shape index (κ3) is 2.10. The maximum absolute atomic E-state index is 4.40. The van der Waals surface area contributed by atoms with Crippen LogP contribution in [0.3, 0.4) is 0 Å². The minimum Gasteiger partial charge on any atom is -0.367 e. The summed E-state index contributed by atoms with van der Waals surface area (Å²) in [4.78, 5) is 5.78. The molecule has 1 aliphatic rings. The topological polar surface area (TPSA) is 24.4 Å². The lowest BCUT2D eigenvalue weighted by Gasteiger charge is -2.12. The SMILES string of the molecule is C[C@H](NC1=NCCC1)c1cccs1. The monoisotopic (exact) mass is 194 g/mol. The van der Waals surface area contributed by atoms with Crippen molar-refractivity contribution >= 4 is 17.2 Å². The van der Waals surface area contributed by atoms with Crippen molar-refractivity contribution in [2.75, 3.05) is 6.54 Å². The molecule has 2 nitrogen and oxygen atoms in total. The molecule has 1 aromatic heterocycles. The molecule has 2 rings (SSSR count). The largest absolute Gasteiger partial charge is 0.367 e. The molecule has 0 radical (unpaired) electrons. The molecular weight excluding hydrogens is 180 g/mol. The first-order valence-corrected chi connectivity index (χ1v) is 5.57. The van der Waals surface area contributed by atoms with E-state index in [1.807, 2.05) is 0 Å². The van der Waals surface area contributed by atoms with Crippen molar-refractivity contribution in [3.05, 3.63) is 22.4 Å². The van der Waals surface area contributed by atoms with E-state index in [-0.39, 0.29) is 0 Å². The Morgan fingerprint density at radius 1 is 1.62 bits per heavy atom. The van der Waals surface area contributed by atoms with Crippen molar-refractivity contribution in [1.82, 2.24) is 5.32 Å². The Bertz CT molecular complexity index is 290. The fraction of sp³-hybridized carbons (Fsp3) is 0.500. The first-order chi connectivity index (χ1) is 6.36. The lowest BCUT2D eigenvalue weighted by atomic mass is 10.2. The van der Waals surface area contributed by atoms with E-state index in [9.17, 15) is 0 Å². The number of hydrogen-bond acceptors (Lipinski definition) is 3. The number of amidine groups is 1. The third-order valence-electron chi connectivity index (χ3n) is 2.23. The Labute approximate surface area is 82.7 Å². The van der Waals surface area contributed by atoms with Gasteiger partial charge in [-0.1, -0.05) is 6.07 Å². The van der Waals surface area contributed by atoms with Gasteiger partial charge in [-0.05, 0) is 24.8 Å². The van der Waals surface area contributed by atoms with E-state index in [2.05, 4.69) is 34.7 Å². The van der Waals surface area contributed by atoms with Gasteiger partial charge in [0.05, 0.1) is 11.9 Å². The van der Waals surface area contributed by atoms with Crippen LogP contribution in [0.4, 0.5) is 0 Å². The van der Waals surface area contributed by atoms with Crippen molar-refractivity contribution in [3.8, 4) is 0 Å². The van der Waals surface area contributed by atoms with E-state index in [4.69, 9.17) is 0 Å². The number of aliphatic imine (C=N–C) groups is 1. The van der Waals surface area contributed by atoms with Gasteiger partial charge in [0.2, 0.25) is 0 Å². The molecule has 0 fully saturated rings. The van der Waals surface area contributed by atoms with Crippen molar-refractivity contribution < 1.29 is 0 Å². The molecule has 13 heavy (non-hydrogen) atoms. The van der Waals surface area contributed by atoms with E-state index >= 15 is 0 Å². The average Bonchev–Trinajstić information content (AvgIpc) is 2.74. The minimum atomic E-state index is 0.414. The zero-order chi connectivity index (χ0) is 9.10. The normalized spacial score (nSPS) is 18.4. The highest BCUT2D eigenvalue weighted by atomic mass is 32.1. The summed E-state index contributed by atoms with van der Waals surface area (Å²) in [7, 11) is 0. The average molecular weight is 194 g/mol. The molecule has 2 heterocycles. The van der Waals surface area contributed by atoms with Crippen LogP contribution < -0.4 is 5.32 Å². The summed E-state index contributed by atoms with van der Waals surface area (Å²) in [5.74, 6) is 1.18. The van der Waals surface area contributed by atoms with Crippen LogP contribution in [0.25, 0.3) is 0 Å². The molecule has 1 atom stereocenters. The summed E-state index contributed by atoms with van der Waals surface area (Å²) in [6.45, 7) is 3.19. The Morgan fingerprint density at radius 3 is 3.15 bits per heavy atom. The van der Waals surface area contributed by atoms with Gasteiger partial charge >= 0.3 is 0 Å². The molecule has 0 bridgehead atoms. The maximum Gasteiger partial charge on any atom is 0.0968 e.